The summed E-state index contributed by atoms with van der Waals surface area (Å²) in [6.45, 7) is 4.82. The molecule has 1 fully saturated rings. The number of nitrogens with zero attached hydrogens (tertiary/aromatic N) is 2. The Morgan fingerprint density at radius 1 is 1.43 bits per heavy atom. The highest BCUT2D eigenvalue weighted by atomic mass is 35.5. The molecule has 7 heteroatoms. The fourth-order valence-electron chi connectivity index (χ4n) is 2.75. The van der Waals surface area contributed by atoms with Crippen LogP contribution in [0.3, 0.4) is 0 Å². The molecule has 1 N–H and O–H groups in total. The van der Waals surface area contributed by atoms with Crippen molar-refractivity contribution in [2.24, 2.45) is 0 Å². The largest absolute Gasteiger partial charge is 0.365 e. The molecule has 0 radical (unpaired) electrons. The summed E-state index contributed by atoms with van der Waals surface area (Å²) < 4.78 is 0. The van der Waals surface area contributed by atoms with Gasteiger partial charge in [0, 0.05) is 31.3 Å². The van der Waals surface area contributed by atoms with E-state index < -0.39 is 4.92 Å². The van der Waals surface area contributed by atoms with Crippen molar-refractivity contribution in [3.05, 3.63) is 32.3 Å². The van der Waals surface area contributed by atoms with Gasteiger partial charge in [-0.1, -0.05) is 30.1 Å². The third-order valence-corrected chi connectivity index (χ3v) is 4.25. The van der Waals surface area contributed by atoms with E-state index in [2.05, 4.69) is 17.1 Å². The van der Waals surface area contributed by atoms with Crippen LogP contribution in [0, 0.1) is 10.1 Å². The van der Waals surface area contributed by atoms with Gasteiger partial charge in [0.2, 0.25) is 0 Å². The van der Waals surface area contributed by atoms with Crippen molar-refractivity contribution in [3.8, 4) is 0 Å². The topological polar surface area (TPSA) is 58.4 Å². The number of piperidine rings is 1. The van der Waals surface area contributed by atoms with Crippen molar-refractivity contribution in [2.45, 2.75) is 32.2 Å². The van der Waals surface area contributed by atoms with Crippen LogP contribution in [0.5, 0.6) is 0 Å². The first-order valence-corrected chi connectivity index (χ1v) is 7.91. The molecule has 0 aromatic heterocycles. The minimum absolute atomic E-state index is 0.0769. The SMILES string of the molecule is CCCN(c1c(Cl)cc([N+](=O)[O-])cc1Cl)C1CCCNC1. The molecule has 1 saturated heterocycles. The summed E-state index contributed by atoms with van der Waals surface area (Å²) in [7, 11) is 0. The molecule has 0 saturated carbocycles. The molecule has 116 valence electrons. The smallest absolute Gasteiger partial charge is 0.272 e. The van der Waals surface area contributed by atoms with Crippen molar-refractivity contribution in [2.75, 3.05) is 24.5 Å². The van der Waals surface area contributed by atoms with Crippen LogP contribution in [0.25, 0.3) is 0 Å². The lowest BCUT2D eigenvalue weighted by atomic mass is 10.0. The number of non-ortho nitro benzene ring substituents is 1. The maximum atomic E-state index is 10.9. The average molecular weight is 332 g/mol. The maximum absolute atomic E-state index is 10.9. The summed E-state index contributed by atoms with van der Waals surface area (Å²) in [5.74, 6) is 0. The summed E-state index contributed by atoms with van der Waals surface area (Å²) in [6.07, 6.45) is 3.13. The lowest BCUT2D eigenvalue weighted by Crippen LogP contribution is -2.46. The zero-order valence-corrected chi connectivity index (χ0v) is 13.5. The van der Waals surface area contributed by atoms with E-state index in [1.807, 2.05) is 0 Å². The molecule has 0 aliphatic carbocycles. The molecule has 1 aromatic rings. The van der Waals surface area contributed by atoms with E-state index in [0.717, 1.165) is 38.9 Å². The van der Waals surface area contributed by atoms with Crippen LogP contribution in [0.1, 0.15) is 26.2 Å². The Morgan fingerprint density at radius 3 is 2.57 bits per heavy atom. The zero-order valence-electron chi connectivity index (χ0n) is 11.9. The first kappa shape index (κ1) is 16.3. The maximum Gasteiger partial charge on any atom is 0.272 e. The third kappa shape index (κ3) is 3.78. The van der Waals surface area contributed by atoms with Crippen LogP contribution >= 0.6 is 23.2 Å². The number of hydrogen-bond donors (Lipinski definition) is 1. The summed E-state index contributed by atoms with van der Waals surface area (Å²) >= 11 is 12.6. The number of anilines is 1. The minimum Gasteiger partial charge on any atom is -0.365 e. The summed E-state index contributed by atoms with van der Waals surface area (Å²) in [6, 6.07) is 3.07. The van der Waals surface area contributed by atoms with Crippen LogP contribution in [0.15, 0.2) is 12.1 Å². The van der Waals surface area contributed by atoms with Gasteiger partial charge in [0.15, 0.2) is 0 Å². The zero-order chi connectivity index (χ0) is 15.4. The van der Waals surface area contributed by atoms with E-state index in [9.17, 15) is 10.1 Å². The number of benzene rings is 1. The van der Waals surface area contributed by atoms with E-state index in [0.29, 0.717) is 21.8 Å². The van der Waals surface area contributed by atoms with Crippen LogP contribution in [0.4, 0.5) is 11.4 Å². The summed E-state index contributed by atoms with van der Waals surface area (Å²) in [5, 5.41) is 14.9. The number of nitrogens with one attached hydrogen (secondary N) is 1. The molecule has 21 heavy (non-hydrogen) atoms. The molecule has 1 aromatic carbocycles. The summed E-state index contributed by atoms with van der Waals surface area (Å²) in [4.78, 5) is 12.6. The van der Waals surface area contributed by atoms with E-state index in [1.165, 1.54) is 12.1 Å². The van der Waals surface area contributed by atoms with Crippen molar-refractivity contribution in [3.63, 3.8) is 0 Å². The molecule has 0 spiro atoms. The van der Waals surface area contributed by atoms with E-state index >= 15 is 0 Å². The quantitative estimate of drug-likeness (QED) is 0.657. The highest BCUT2D eigenvalue weighted by Crippen LogP contribution is 2.39. The Kier molecular flexibility index (Phi) is 5.67. The summed E-state index contributed by atoms with van der Waals surface area (Å²) in [5.41, 5.74) is 0.631. The van der Waals surface area contributed by atoms with Crippen LogP contribution in [0.2, 0.25) is 10.0 Å². The van der Waals surface area contributed by atoms with Gasteiger partial charge < -0.3 is 10.2 Å². The first-order chi connectivity index (χ1) is 10.0. The van der Waals surface area contributed by atoms with Crippen LogP contribution in [-0.4, -0.2) is 30.6 Å². The molecule has 0 amide bonds. The lowest BCUT2D eigenvalue weighted by molar-refractivity contribution is -0.384. The monoisotopic (exact) mass is 331 g/mol. The van der Waals surface area contributed by atoms with E-state index in [4.69, 9.17) is 23.2 Å². The molecule has 1 unspecified atom stereocenters. The van der Waals surface area contributed by atoms with Gasteiger partial charge in [0.05, 0.1) is 20.7 Å². The lowest BCUT2D eigenvalue weighted by Gasteiger charge is -2.37. The Balaban J connectivity index is 2.37. The van der Waals surface area contributed by atoms with Gasteiger partial charge in [0.1, 0.15) is 0 Å². The predicted molar refractivity (Wildman–Crippen MR) is 86.6 cm³/mol. The molecular formula is C14H19Cl2N3O2. The van der Waals surface area contributed by atoms with Crippen molar-refractivity contribution in [1.82, 2.24) is 5.32 Å². The van der Waals surface area contributed by atoms with Gasteiger partial charge in [-0.2, -0.15) is 0 Å². The molecular weight excluding hydrogens is 313 g/mol. The van der Waals surface area contributed by atoms with Gasteiger partial charge in [-0.3, -0.25) is 10.1 Å². The number of rotatable bonds is 5. The molecule has 1 heterocycles. The highest BCUT2D eigenvalue weighted by Gasteiger charge is 2.26. The Hall–Kier alpha value is -1.04. The van der Waals surface area contributed by atoms with Crippen molar-refractivity contribution >= 4 is 34.6 Å². The second-order valence-corrected chi connectivity index (χ2v) is 6.02. The molecule has 1 atom stereocenters. The minimum atomic E-state index is -0.478. The van der Waals surface area contributed by atoms with Crippen LogP contribution in [-0.2, 0) is 0 Å². The highest BCUT2D eigenvalue weighted by molar-refractivity contribution is 6.39. The Morgan fingerprint density at radius 2 is 2.10 bits per heavy atom. The molecule has 0 bridgehead atoms. The van der Waals surface area contributed by atoms with Gasteiger partial charge in [-0.15, -0.1) is 0 Å². The first-order valence-electron chi connectivity index (χ1n) is 7.15. The molecule has 1 aliphatic heterocycles. The second-order valence-electron chi connectivity index (χ2n) is 5.21. The number of hydrogen-bond acceptors (Lipinski definition) is 4. The Bertz CT molecular complexity index is 496. The molecule has 1 aliphatic rings. The van der Waals surface area contributed by atoms with Gasteiger partial charge >= 0.3 is 0 Å². The number of nitro groups is 1. The number of nitro benzene ring substituents is 1. The fourth-order valence-corrected chi connectivity index (χ4v) is 3.44. The predicted octanol–water partition coefficient (Wildman–Crippen LogP) is 3.87. The van der Waals surface area contributed by atoms with Crippen LogP contribution < -0.4 is 10.2 Å². The standard InChI is InChI=1S/C14H19Cl2N3O2/c1-2-6-18(10-4-3-5-17-9-10)14-12(15)7-11(19(20)21)8-13(14)16/h7-8,10,17H,2-6,9H2,1H3. The number of halogens is 2. The van der Waals surface area contributed by atoms with Gasteiger partial charge in [-0.05, 0) is 25.8 Å². The van der Waals surface area contributed by atoms with E-state index in [1.54, 1.807) is 0 Å². The molecule has 2 rings (SSSR count). The fraction of sp³-hybridized carbons (Fsp3) is 0.571. The van der Waals surface area contributed by atoms with Crippen molar-refractivity contribution in [1.29, 1.82) is 0 Å². The van der Waals surface area contributed by atoms with E-state index in [-0.39, 0.29) is 5.69 Å². The Labute approximate surface area is 134 Å². The van der Waals surface area contributed by atoms with Gasteiger partial charge in [0.25, 0.3) is 5.69 Å². The van der Waals surface area contributed by atoms with Crippen molar-refractivity contribution < 1.29 is 4.92 Å². The average Bonchev–Trinajstić information content (AvgIpc) is 2.46. The molecule has 5 nitrogen and oxygen atoms in total. The normalized spacial score (nSPS) is 18.5. The third-order valence-electron chi connectivity index (χ3n) is 3.68. The van der Waals surface area contributed by atoms with Gasteiger partial charge in [-0.25, -0.2) is 0 Å². The second kappa shape index (κ2) is 7.29.